The molecule has 1 aliphatic heterocycles. The van der Waals surface area contributed by atoms with Crippen molar-refractivity contribution in [2.24, 2.45) is 0 Å². The Kier molecular flexibility index (Phi) is 3.45. The lowest BCUT2D eigenvalue weighted by molar-refractivity contribution is -0.164. The summed E-state index contributed by atoms with van der Waals surface area (Å²) in [6, 6.07) is 0. The van der Waals surface area contributed by atoms with Gasteiger partial charge in [-0.05, 0) is 13.3 Å². The fourth-order valence-corrected chi connectivity index (χ4v) is 1.20. The number of aliphatic hydroxyl groups excluding tert-OH is 1. The van der Waals surface area contributed by atoms with Crippen LogP contribution in [0.15, 0.2) is 11.6 Å². The number of rotatable bonds is 2. The van der Waals surface area contributed by atoms with Crippen molar-refractivity contribution in [3.8, 4) is 0 Å². The largest absolute Gasteiger partial charge is 0.389 e. The Labute approximate surface area is 77.7 Å². The molecule has 4 heteroatoms. The molecule has 4 nitrogen and oxygen atoms in total. The van der Waals surface area contributed by atoms with Crippen LogP contribution in [0.3, 0.4) is 0 Å². The summed E-state index contributed by atoms with van der Waals surface area (Å²) in [6.07, 6.45) is 2.13. The number of amides is 1. The summed E-state index contributed by atoms with van der Waals surface area (Å²) in [7, 11) is 0. The Hall–Kier alpha value is -0.870. The number of carbonyl (C=O) groups excluding carboxylic acids is 1. The quantitative estimate of drug-likeness (QED) is 0.636. The van der Waals surface area contributed by atoms with E-state index in [4.69, 9.17) is 9.94 Å². The zero-order valence-electron chi connectivity index (χ0n) is 7.99. The fraction of sp³-hybridized carbons (Fsp3) is 0.667. The molecule has 1 amide bonds. The summed E-state index contributed by atoms with van der Waals surface area (Å²) in [5, 5.41) is 10.3. The highest BCUT2D eigenvalue weighted by atomic mass is 16.7. The van der Waals surface area contributed by atoms with Crippen molar-refractivity contribution in [2.45, 2.75) is 26.4 Å². The van der Waals surface area contributed by atoms with Gasteiger partial charge in [0, 0.05) is 5.57 Å². The summed E-state index contributed by atoms with van der Waals surface area (Å²) in [4.78, 5) is 16.5. The first-order valence-electron chi connectivity index (χ1n) is 4.44. The van der Waals surface area contributed by atoms with Crippen LogP contribution in [0.25, 0.3) is 0 Å². The number of hydrogen-bond donors (Lipinski definition) is 1. The fourth-order valence-electron chi connectivity index (χ4n) is 1.20. The highest BCUT2D eigenvalue weighted by molar-refractivity contribution is 5.92. The molecule has 1 fully saturated rings. The standard InChI is InChI=1S/C9H15NO3/c1-3-4-7(2)9(12)10-5-8(11)6-13-10/h4,8,11H,3,5-6H2,1-2H3/b7-4-/t8-/m1/s1. The van der Waals surface area contributed by atoms with Gasteiger partial charge in [0.15, 0.2) is 0 Å². The van der Waals surface area contributed by atoms with Crippen molar-refractivity contribution < 1.29 is 14.7 Å². The van der Waals surface area contributed by atoms with E-state index < -0.39 is 6.10 Å². The Bertz CT molecular complexity index is 225. The van der Waals surface area contributed by atoms with Gasteiger partial charge in [0.2, 0.25) is 0 Å². The first kappa shape index (κ1) is 10.2. The smallest absolute Gasteiger partial charge is 0.272 e. The summed E-state index contributed by atoms with van der Waals surface area (Å²) >= 11 is 0. The number of carbonyl (C=O) groups is 1. The molecular weight excluding hydrogens is 170 g/mol. The first-order chi connectivity index (χ1) is 6.15. The Balaban J connectivity index is 2.53. The maximum atomic E-state index is 11.5. The number of aliphatic hydroxyl groups is 1. The van der Waals surface area contributed by atoms with E-state index in [2.05, 4.69) is 0 Å². The molecule has 0 bridgehead atoms. The molecule has 1 atom stereocenters. The topological polar surface area (TPSA) is 49.8 Å². The predicted octanol–water partition coefficient (Wildman–Crippen LogP) is 0.477. The van der Waals surface area contributed by atoms with Crippen LogP contribution in [-0.4, -0.2) is 35.3 Å². The van der Waals surface area contributed by atoms with Crippen molar-refractivity contribution in [3.05, 3.63) is 11.6 Å². The van der Waals surface area contributed by atoms with E-state index >= 15 is 0 Å². The summed E-state index contributed by atoms with van der Waals surface area (Å²) in [5.74, 6) is -0.154. The Morgan fingerprint density at radius 1 is 1.77 bits per heavy atom. The zero-order chi connectivity index (χ0) is 9.84. The molecule has 1 heterocycles. The van der Waals surface area contributed by atoms with Gasteiger partial charge in [-0.1, -0.05) is 13.0 Å². The molecule has 0 unspecified atom stereocenters. The van der Waals surface area contributed by atoms with Crippen molar-refractivity contribution in [3.63, 3.8) is 0 Å². The maximum absolute atomic E-state index is 11.5. The molecule has 13 heavy (non-hydrogen) atoms. The van der Waals surface area contributed by atoms with Gasteiger partial charge in [-0.2, -0.15) is 0 Å². The third-order valence-electron chi connectivity index (χ3n) is 1.87. The lowest BCUT2D eigenvalue weighted by atomic mass is 10.2. The minimum atomic E-state index is -0.543. The highest BCUT2D eigenvalue weighted by Gasteiger charge is 2.26. The van der Waals surface area contributed by atoms with E-state index in [9.17, 15) is 4.79 Å². The molecule has 1 N–H and O–H groups in total. The van der Waals surface area contributed by atoms with Gasteiger partial charge in [0.25, 0.3) is 5.91 Å². The molecule has 74 valence electrons. The lowest BCUT2D eigenvalue weighted by Gasteiger charge is -2.13. The first-order valence-corrected chi connectivity index (χ1v) is 4.44. The van der Waals surface area contributed by atoms with Crippen LogP contribution in [-0.2, 0) is 9.63 Å². The molecule has 0 radical (unpaired) electrons. The normalized spacial score (nSPS) is 23.8. The van der Waals surface area contributed by atoms with Gasteiger partial charge >= 0.3 is 0 Å². The maximum Gasteiger partial charge on any atom is 0.272 e. The van der Waals surface area contributed by atoms with Gasteiger partial charge in [-0.15, -0.1) is 0 Å². The van der Waals surface area contributed by atoms with Gasteiger partial charge in [0.1, 0.15) is 12.7 Å². The molecule has 0 aromatic heterocycles. The molecule has 1 saturated heterocycles. The van der Waals surface area contributed by atoms with E-state index in [-0.39, 0.29) is 19.1 Å². The summed E-state index contributed by atoms with van der Waals surface area (Å²) in [5.41, 5.74) is 0.664. The molecule has 1 rings (SSSR count). The number of β-amino-alcohol motifs (C(OH)–C–C–N with tert-alkyl or cyclic N) is 1. The second-order valence-corrected chi connectivity index (χ2v) is 3.11. The average molecular weight is 185 g/mol. The number of allylic oxidation sites excluding steroid dienone is 1. The third kappa shape index (κ3) is 2.54. The number of hydroxylamine groups is 2. The Morgan fingerprint density at radius 3 is 2.92 bits per heavy atom. The van der Waals surface area contributed by atoms with Crippen molar-refractivity contribution in [1.82, 2.24) is 5.06 Å². The number of nitrogens with zero attached hydrogens (tertiary/aromatic N) is 1. The van der Waals surface area contributed by atoms with Gasteiger partial charge < -0.3 is 5.11 Å². The van der Waals surface area contributed by atoms with E-state index in [1.54, 1.807) is 6.92 Å². The molecule has 0 aliphatic carbocycles. The lowest BCUT2D eigenvalue weighted by Crippen LogP contribution is -2.29. The molecule has 0 spiro atoms. The second kappa shape index (κ2) is 4.39. The zero-order valence-corrected chi connectivity index (χ0v) is 7.99. The van der Waals surface area contributed by atoms with Crippen molar-refractivity contribution in [1.29, 1.82) is 0 Å². The minimum Gasteiger partial charge on any atom is -0.389 e. The van der Waals surface area contributed by atoms with Crippen LogP contribution in [0.4, 0.5) is 0 Å². The summed E-state index contributed by atoms with van der Waals surface area (Å²) in [6.45, 7) is 4.20. The third-order valence-corrected chi connectivity index (χ3v) is 1.87. The summed E-state index contributed by atoms with van der Waals surface area (Å²) < 4.78 is 0. The monoisotopic (exact) mass is 185 g/mol. The molecule has 0 saturated carbocycles. The highest BCUT2D eigenvalue weighted by Crippen LogP contribution is 2.10. The van der Waals surface area contributed by atoms with Gasteiger partial charge in [0.05, 0.1) is 6.54 Å². The van der Waals surface area contributed by atoms with Crippen LogP contribution >= 0.6 is 0 Å². The van der Waals surface area contributed by atoms with Crippen LogP contribution < -0.4 is 0 Å². The molecular formula is C9H15NO3. The number of hydrogen-bond acceptors (Lipinski definition) is 3. The average Bonchev–Trinajstić information content (AvgIpc) is 2.51. The Morgan fingerprint density at radius 2 is 2.46 bits per heavy atom. The van der Waals surface area contributed by atoms with Gasteiger partial charge in [-0.25, -0.2) is 5.06 Å². The van der Waals surface area contributed by atoms with Crippen molar-refractivity contribution >= 4 is 5.91 Å². The second-order valence-electron chi connectivity index (χ2n) is 3.11. The molecule has 1 aliphatic rings. The van der Waals surface area contributed by atoms with Crippen LogP contribution in [0.1, 0.15) is 20.3 Å². The SMILES string of the molecule is CC/C=C(/C)C(=O)N1C[C@@H](O)CO1. The van der Waals surface area contributed by atoms with Crippen LogP contribution in [0.2, 0.25) is 0 Å². The van der Waals surface area contributed by atoms with Crippen molar-refractivity contribution in [2.75, 3.05) is 13.2 Å². The van der Waals surface area contributed by atoms with E-state index in [1.165, 1.54) is 5.06 Å². The van der Waals surface area contributed by atoms with Crippen LogP contribution in [0.5, 0.6) is 0 Å². The minimum absolute atomic E-state index is 0.154. The molecule has 0 aromatic rings. The van der Waals surface area contributed by atoms with Crippen LogP contribution in [0, 0.1) is 0 Å². The van der Waals surface area contributed by atoms with Gasteiger partial charge in [-0.3, -0.25) is 9.63 Å². The van der Waals surface area contributed by atoms with E-state index in [0.29, 0.717) is 5.57 Å². The van der Waals surface area contributed by atoms with E-state index in [1.807, 2.05) is 13.0 Å². The predicted molar refractivity (Wildman–Crippen MR) is 47.7 cm³/mol. The van der Waals surface area contributed by atoms with E-state index in [0.717, 1.165) is 6.42 Å². The molecule has 0 aromatic carbocycles.